The zero-order valence-electron chi connectivity index (χ0n) is 14.6. The monoisotopic (exact) mass is 394 g/mol. The minimum absolute atomic E-state index is 0.0334. The summed E-state index contributed by atoms with van der Waals surface area (Å²) in [7, 11) is 0. The van der Waals surface area contributed by atoms with Crippen LogP contribution in [-0.4, -0.2) is 16.9 Å². The van der Waals surface area contributed by atoms with Gasteiger partial charge < -0.3 is 9.84 Å². The highest BCUT2D eigenvalue weighted by Gasteiger charge is 2.25. The van der Waals surface area contributed by atoms with Crippen LogP contribution in [0.25, 0.3) is 10.8 Å². The first-order valence-electron chi connectivity index (χ1n) is 8.21. The minimum Gasteiger partial charge on any atom is -0.506 e. The Balaban J connectivity index is 2.10. The molecule has 0 spiro atoms. The van der Waals surface area contributed by atoms with Crippen molar-refractivity contribution < 1.29 is 19.4 Å². The first kappa shape index (κ1) is 19.3. The largest absolute Gasteiger partial charge is 0.506 e. The second-order valence-electron chi connectivity index (χ2n) is 5.89. The lowest BCUT2D eigenvalue weighted by molar-refractivity contribution is -0.128. The van der Waals surface area contributed by atoms with Crippen LogP contribution < -0.4 is 4.74 Å². The highest BCUT2D eigenvalue weighted by Crippen LogP contribution is 2.35. The molecule has 6 nitrogen and oxygen atoms in total. The molecule has 140 valence electrons. The van der Waals surface area contributed by atoms with Gasteiger partial charge in [-0.25, -0.2) is 10.3 Å². The lowest BCUT2D eigenvalue weighted by Gasteiger charge is -2.15. The van der Waals surface area contributed by atoms with E-state index in [-0.39, 0.29) is 16.3 Å². The number of fused-ring (bicyclic) bond motifs is 1. The summed E-state index contributed by atoms with van der Waals surface area (Å²) in [4.78, 5) is 24.5. The third kappa shape index (κ3) is 3.63. The van der Waals surface area contributed by atoms with Gasteiger partial charge in [-0.1, -0.05) is 48.5 Å². The van der Waals surface area contributed by atoms with Crippen molar-refractivity contribution in [3.8, 4) is 11.5 Å². The Morgan fingerprint density at radius 1 is 1.14 bits per heavy atom. The molecule has 0 saturated heterocycles. The van der Waals surface area contributed by atoms with Gasteiger partial charge in [-0.05, 0) is 35.2 Å². The summed E-state index contributed by atoms with van der Waals surface area (Å²) in [5, 5.41) is 14.3. The number of Topliss-reactive ketones (excluding diaryl/α,β-unsaturated/α-hetero) is 1. The maximum atomic E-state index is 12.9. The first-order chi connectivity index (χ1) is 13.5. The molecular formula is C21H15ClN2O4. The molecule has 1 unspecified atom stereocenters. The molecule has 0 aromatic heterocycles. The van der Waals surface area contributed by atoms with Crippen molar-refractivity contribution in [2.24, 2.45) is 5.11 Å². The summed E-state index contributed by atoms with van der Waals surface area (Å²) in [6.45, 7) is 3.38. The number of halogens is 1. The van der Waals surface area contributed by atoms with E-state index in [0.717, 1.165) is 6.08 Å². The second-order valence-corrected chi connectivity index (χ2v) is 6.29. The van der Waals surface area contributed by atoms with Crippen LogP contribution in [0.2, 0.25) is 5.02 Å². The molecule has 3 aromatic carbocycles. The summed E-state index contributed by atoms with van der Waals surface area (Å²) in [6, 6.07) is 13.1. The predicted octanol–water partition coefficient (Wildman–Crippen LogP) is 5.25. The number of nitrogens with one attached hydrogen (secondary N) is 1. The van der Waals surface area contributed by atoms with Crippen molar-refractivity contribution in [3.05, 3.63) is 83.4 Å². The lowest BCUT2D eigenvalue weighted by Crippen LogP contribution is -2.11. The lowest BCUT2D eigenvalue weighted by atomic mass is 9.93. The average molecular weight is 395 g/mol. The maximum absolute atomic E-state index is 12.9. The third-order valence-electron chi connectivity index (χ3n) is 4.20. The van der Waals surface area contributed by atoms with E-state index in [4.69, 9.17) is 21.9 Å². The summed E-state index contributed by atoms with van der Waals surface area (Å²) < 4.78 is 5.25. The fourth-order valence-corrected chi connectivity index (χ4v) is 3.04. The van der Waals surface area contributed by atoms with Crippen molar-refractivity contribution in [3.63, 3.8) is 0 Å². The number of phenolic OH excluding ortho intramolecular Hbond substituents is 1. The standard InChI is InChI=1S/C21H15ClN2O4/c1-2-19(26)28-18-10-8-15(13-5-3-4-6-14(13)18)20(24-23)21(27)12-7-9-17(25)16(22)11-12/h2-11,20,23,25H,1H2. The van der Waals surface area contributed by atoms with E-state index in [1.54, 1.807) is 36.4 Å². The van der Waals surface area contributed by atoms with Crippen molar-refractivity contribution >= 4 is 34.1 Å². The maximum Gasteiger partial charge on any atom is 0.335 e. The van der Waals surface area contributed by atoms with E-state index in [1.165, 1.54) is 18.2 Å². The third-order valence-corrected chi connectivity index (χ3v) is 4.50. The molecule has 3 aromatic rings. The van der Waals surface area contributed by atoms with Crippen LogP contribution in [-0.2, 0) is 4.79 Å². The number of ether oxygens (including phenoxy) is 1. The van der Waals surface area contributed by atoms with Crippen LogP contribution >= 0.6 is 11.6 Å². The second kappa shape index (κ2) is 8.02. The number of hydrogen-bond donors (Lipinski definition) is 2. The number of nitrogens with zero attached hydrogens (tertiary/aromatic N) is 1. The van der Waals surface area contributed by atoms with E-state index >= 15 is 0 Å². The van der Waals surface area contributed by atoms with E-state index in [1.807, 2.05) is 0 Å². The van der Waals surface area contributed by atoms with Crippen LogP contribution in [0.3, 0.4) is 0 Å². The van der Waals surface area contributed by atoms with Crippen LogP contribution in [0, 0.1) is 5.53 Å². The van der Waals surface area contributed by atoms with E-state index < -0.39 is 17.8 Å². The molecule has 2 N–H and O–H groups in total. The molecule has 3 rings (SSSR count). The molecule has 0 amide bonds. The molecular weight excluding hydrogens is 380 g/mol. The van der Waals surface area contributed by atoms with Gasteiger partial charge in [0.2, 0.25) is 0 Å². The molecule has 0 radical (unpaired) electrons. The molecule has 0 saturated carbocycles. The van der Waals surface area contributed by atoms with Crippen molar-refractivity contribution in [2.45, 2.75) is 6.04 Å². The summed E-state index contributed by atoms with van der Waals surface area (Å²) in [6.07, 6.45) is 1.06. The van der Waals surface area contributed by atoms with Crippen molar-refractivity contribution in [2.75, 3.05) is 0 Å². The number of ketones is 1. The molecule has 1 atom stereocenters. The predicted molar refractivity (Wildman–Crippen MR) is 105 cm³/mol. The summed E-state index contributed by atoms with van der Waals surface area (Å²) in [5.74, 6) is -0.878. The number of rotatable bonds is 6. The van der Waals surface area contributed by atoms with Gasteiger partial charge in [-0.3, -0.25) is 4.79 Å². The molecule has 28 heavy (non-hydrogen) atoms. The van der Waals surface area contributed by atoms with E-state index in [9.17, 15) is 14.7 Å². The van der Waals surface area contributed by atoms with E-state index in [0.29, 0.717) is 22.1 Å². The molecule has 7 heteroatoms. The molecule has 0 aliphatic carbocycles. The first-order valence-corrected chi connectivity index (χ1v) is 8.59. The fraction of sp³-hybridized carbons (Fsp3) is 0.0476. The van der Waals surface area contributed by atoms with Crippen molar-refractivity contribution in [1.82, 2.24) is 0 Å². The Bertz CT molecular complexity index is 1110. The quantitative estimate of drug-likeness (QED) is 0.196. The number of phenols is 1. The Morgan fingerprint density at radius 2 is 1.86 bits per heavy atom. The van der Waals surface area contributed by atoms with Gasteiger partial charge in [0.05, 0.1) is 5.02 Å². The Hall–Kier alpha value is -3.51. The molecule has 0 heterocycles. The van der Waals surface area contributed by atoms with Gasteiger partial charge in [0.1, 0.15) is 11.5 Å². The highest BCUT2D eigenvalue weighted by molar-refractivity contribution is 6.32. The molecule has 0 bridgehead atoms. The number of carbonyl (C=O) groups excluding carboxylic acids is 2. The van der Waals surface area contributed by atoms with Gasteiger partial charge in [0.25, 0.3) is 0 Å². The van der Waals surface area contributed by atoms with E-state index in [2.05, 4.69) is 11.7 Å². The fourth-order valence-electron chi connectivity index (χ4n) is 2.86. The van der Waals surface area contributed by atoms with Gasteiger partial charge in [0, 0.05) is 17.0 Å². The molecule has 0 aliphatic rings. The van der Waals surface area contributed by atoms with Crippen LogP contribution in [0.4, 0.5) is 0 Å². The molecule has 0 aliphatic heterocycles. The van der Waals surface area contributed by atoms with Gasteiger partial charge >= 0.3 is 5.97 Å². The Morgan fingerprint density at radius 3 is 2.50 bits per heavy atom. The number of hydrogen-bond acceptors (Lipinski definition) is 6. The Kier molecular flexibility index (Phi) is 5.52. The topological polar surface area (TPSA) is 99.8 Å². The Labute approximate surface area is 165 Å². The minimum atomic E-state index is -1.12. The van der Waals surface area contributed by atoms with Crippen LogP contribution in [0.15, 0.2) is 72.4 Å². The normalized spacial score (nSPS) is 11.6. The van der Waals surface area contributed by atoms with Gasteiger partial charge in [0.15, 0.2) is 11.8 Å². The van der Waals surface area contributed by atoms with Crippen LogP contribution in [0.5, 0.6) is 11.5 Å². The zero-order valence-corrected chi connectivity index (χ0v) is 15.3. The highest BCUT2D eigenvalue weighted by atomic mass is 35.5. The number of aromatic hydroxyl groups is 1. The summed E-state index contributed by atoms with van der Waals surface area (Å²) in [5.41, 5.74) is 8.27. The average Bonchev–Trinajstić information content (AvgIpc) is 2.71. The molecule has 0 fully saturated rings. The number of benzene rings is 3. The number of carbonyl (C=O) groups is 2. The zero-order chi connectivity index (χ0) is 20.3. The summed E-state index contributed by atoms with van der Waals surface area (Å²) >= 11 is 5.89. The van der Waals surface area contributed by atoms with Gasteiger partial charge in [-0.15, -0.1) is 0 Å². The smallest absolute Gasteiger partial charge is 0.335 e. The van der Waals surface area contributed by atoms with Crippen LogP contribution in [0.1, 0.15) is 22.0 Å². The number of esters is 1. The SMILES string of the molecule is C=CC(=O)Oc1ccc(C(N=N)C(=O)c2ccc(O)c(Cl)c2)c2ccccc12. The van der Waals surface area contributed by atoms with Crippen molar-refractivity contribution in [1.29, 1.82) is 5.53 Å². The van der Waals surface area contributed by atoms with Gasteiger partial charge in [-0.2, -0.15) is 5.11 Å².